The van der Waals surface area contributed by atoms with Crippen molar-refractivity contribution in [2.45, 2.75) is 18.0 Å². The highest BCUT2D eigenvalue weighted by molar-refractivity contribution is 4.92. The molecule has 0 aromatic heterocycles. The Labute approximate surface area is 79.8 Å². The van der Waals surface area contributed by atoms with E-state index in [-0.39, 0.29) is 0 Å². The quantitative estimate of drug-likeness (QED) is 0.220. The van der Waals surface area contributed by atoms with E-state index in [0.29, 0.717) is 0 Å². The highest BCUT2D eigenvalue weighted by Gasteiger charge is 2.72. The first-order valence-corrected chi connectivity index (χ1v) is 3.53. The van der Waals surface area contributed by atoms with Crippen LogP contribution in [0.2, 0.25) is 0 Å². The summed E-state index contributed by atoms with van der Waals surface area (Å²) in [6.07, 6.45) is -6.30. The molecule has 0 aliphatic carbocycles. The lowest BCUT2D eigenvalue weighted by Crippen LogP contribution is -2.57. The minimum atomic E-state index is -6.30. The first kappa shape index (κ1) is 14.4. The molecule has 0 spiro atoms. The lowest BCUT2D eigenvalue weighted by molar-refractivity contribution is -0.352. The molecule has 15 heavy (non-hydrogen) atoms. The van der Waals surface area contributed by atoms with E-state index in [0.717, 1.165) is 0 Å². The molecule has 0 amide bonds. The van der Waals surface area contributed by atoms with Crippen LogP contribution in [0.15, 0.2) is 0 Å². The minimum Gasteiger partial charge on any atom is -0.297 e. The molecule has 3 nitrogen and oxygen atoms in total. The van der Waals surface area contributed by atoms with Crippen molar-refractivity contribution in [1.29, 1.82) is 0 Å². The molecule has 0 rings (SSSR count). The Hall–Kier alpha value is -0.610. The fraction of sp³-hybridized carbons (Fsp3) is 1.00. The van der Waals surface area contributed by atoms with Gasteiger partial charge in [0, 0.05) is 0 Å². The first-order chi connectivity index (χ1) is 6.56. The Morgan fingerprint density at radius 1 is 0.933 bits per heavy atom. The topological polar surface area (TPSA) is 50.1 Å². The lowest BCUT2D eigenvalue weighted by atomic mass is 10.1. The molecule has 0 fully saturated rings. The smallest absolute Gasteiger partial charge is 0.297 e. The minimum absolute atomic E-state index is 0.524. The number of halogens is 7. The molecule has 0 aromatic carbocycles. The summed E-state index contributed by atoms with van der Waals surface area (Å²) in [4.78, 5) is 0. The number of nitrogens with one attached hydrogen (secondary N) is 2. The number of nitrogens with two attached hydrogens (primary N) is 1. The van der Waals surface area contributed by atoms with Gasteiger partial charge in [-0.25, -0.2) is 5.43 Å². The van der Waals surface area contributed by atoms with E-state index in [1.54, 1.807) is 10.7 Å². The molecule has 0 unspecified atom stereocenters. The molecule has 4 N–H and O–H groups in total. The van der Waals surface area contributed by atoms with Gasteiger partial charge in [0.25, 0.3) is 0 Å². The monoisotopic (exact) mass is 243 g/mol. The number of rotatable bonds is 5. The largest absolute Gasteiger partial charge is 0.459 e. The second-order valence-electron chi connectivity index (χ2n) is 2.58. The molecule has 0 atom stereocenters. The Balaban J connectivity index is 4.56. The fourth-order valence-electron chi connectivity index (χ4n) is 0.610. The van der Waals surface area contributed by atoms with Crippen LogP contribution in [-0.4, -0.2) is 31.2 Å². The van der Waals surface area contributed by atoms with Crippen LogP contribution in [0, 0.1) is 0 Å². The average Bonchev–Trinajstić information content (AvgIpc) is 2.02. The van der Waals surface area contributed by atoms with Crippen LogP contribution in [0.3, 0.4) is 0 Å². The number of alkyl halides is 7. The van der Waals surface area contributed by atoms with Crippen LogP contribution in [0.4, 0.5) is 30.7 Å². The molecule has 0 aliphatic rings. The molecule has 0 heterocycles. The van der Waals surface area contributed by atoms with Gasteiger partial charge in [0.15, 0.2) is 0 Å². The van der Waals surface area contributed by atoms with Gasteiger partial charge in [-0.05, 0) is 0 Å². The standard InChI is InChI=1S/C5H8F7N3/c6-3(7,1-14-2-15-13)4(8,9)5(10,11)12/h14-15H,1-2,13H2. The third-order valence-corrected chi connectivity index (χ3v) is 1.39. The summed E-state index contributed by atoms with van der Waals surface area (Å²) in [7, 11) is 0. The molecule has 0 bridgehead atoms. The zero-order valence-corrected chi connectivity index (χ0v) is 7.14. The van der Waals surface area contributed by atoms with Crippen molar-refractivity contribution in [2.24, 2.45) is 5.84 Å². The Morgan fingerprint density at radius 2 is 1.40 bits per heavy atom. The summed E-state index contributed by atoms with van der Waals surface area (Å²) in [5.74, 6) is -6.73. The van der Waals surface area contributed by atoms with E-state index in [1.165, 1.54) is 0 Å². The van der Waals surface area contributed by atoms with Crippen molar-refractivity contribution in [2.75, 3.05) is 13.2 Å². The fourth-order valence-corrected chi connectivity index (χ4v) is 0.610. The Bertz CT molecular complexity index is 201. The first-order valence-electron chi connectivity index (χ1n) is 3.53. The van der Waals surface area contributed by atoms with Gasteiger partial charge in [-0.2, -0.15) is 30.7 Å². The molecule has 0 saturated carbocycles. The van der Waals surface area contributed by atoms with Crippen molar-refractivity contribution in [3.63, 3.8) is 0 Å². The molecular formula is C5H8F7N3. The number of hydrogen-bond acceptors (Lipinski definition) is 3. The van der Waals surface area contributed by atoms with E-state index in [4.69, 9.17) is 0 Å². The van der Waals surface area contributed by atoms with Gasteiger partial charge < -0.3 is 0 Å². The maximum Gasteiger partial charge on any atom is 0.459 e. The van der Waals surface area contributed by atoms with Crippen molar-refractivity contribution < 1.29 is 30.7 Å². The second kappa shape index (κ2) is 4.49. The van der Waals surface area contributed by atoms with Crippen LogP contribution in [0.5, 0.6) is 0 Å². The van der Waals surface area contributed by atoms with Crippen molar-refractivity contribution in [1.82, 2.24) is 10.7 Å². The van der Waals surface area contributed by atoms with Crippen molar-refractivity contribution >= 4 is 0 Å². The SMILES string of the molecule is NNCNCC(F)(F)C(F)(F)C(F)(F)F. The van der Waals surface area contributed by atoms with Crippen LogP contribution >= 0.6 is 0 Å². The number of hydrogen-bond donors (Lipinski definition) is 3. The lowest BCUT2D eigenvalue weighted by Gasteiger charge is -2.28. The summed E-state index contributed by atoms with van der Waals surface area (Å²) in [6, 6.07) is 0. The molecule has 10 heteroatoms. The molecule has 0 saturated heterocycles. The van der Waals surface area contributed by atoms with E-state index in [9.17, 15) is 30.7 Å². The number of hydrazine groups is 1. The Morgan fingerprint density at radius 3 is 1.73 bits per heavy atom. The van der Waals surface area contributed by atoms with E-state index >= 15 is 0 Å². The molecule has 92 valence electrons. The van der Waals surface area contributed by atoms with E-state index in [2.05, 4.69) is 5.84 Å². The predicted molar refractivity (Wildman–Crippen MR) is 36.1 cm³/mol. The molecule has 0 aromatic rings. The van der Waals surface area contributed by atoms with Crippen LogP contribution < -0.4 is 16.6 Å². The van der Waals surface area contributed by atoms with E-state index in [1.807, 2.05) is 0 Å². The Kier molecular flexibility index (Phi) is 4.31. The summed E-state index contributed by atoms with van der Waals surface area (Å²) >= 11 is 0. The maximum atomic E-state index is 12.4. The second-order valence-corrected chi connectivity index (χ2v) is 2.58. The summed E-state index contributed by atoms with van der Waals surface area (Å²) in [5.41, 5.74) is 1.76. The van der Waals surface area contributed by atoms with Crippen molar-refractivity contribution in [3.05, 3.63) is 0 Å². The van der Waals surface area contributed by atoms with E-state index < -0.39 is 31.2 Å². The third kappa shape index (κ3) is 3.18. The normalized spacial score (nSPS) is 14.4. The van der Waals surface area contributed by atoms with Gasteiger partial charge in [-0.1, -0.05) is 0 Å². The van der Waals surface area contributed by atoms with Crippen molar-refractivity contribution in [3.8, 4) is 0 Å². The van der Waals surface area contributed by atoms with Gasteiger partial charge in [-0.3, -0.25) is 11.2 Å². The van der Waals surface area contributed by atoms with Crippen LogP contribution in [0.25, 0.3) is 0 Å². The van der Waals surface area contributed by atoms with Crippen LogP contribution in [-0.2, 0) is 0 Å². The van der Waals surface area contributed by atoms with Gasteiger partial charge in [0.05, 0.1) is 13.2 Å². The molecule has 0 aliphatic heterocycles. The molecular weight excluding hydrogens is 235 g/mol. The summed E-state index contributed by atoms with van der Waals surface area (Å²) < 4.78 is 83.8. The maximum absolute atomic E-state index is 12.4. The van der Waals surface area contributed by atoms with Gasteiger partial charge in [0.2, 0.25) is 0 Å². The van der Waals surface area contributed by atoms with Gasteiger partial charge in [0.1, 0.15) is 0 Å². The zero-order valence-electron chi connectivity index (χ0n) is 7.14. The third-order valence-electron chi connectivity index (χ3n) is 1.39. The highest BCUT2D eigenvalue weighted by atomic mass is 19.4. The highest BCUT2D eigenvalue weighted by Crippen LogP contribution is 2.45. The van der Waals surface area contributed by atoms with Gasteiger partial charge in [-0.15, -0.1) is 0 Å². The predicted octanol–water partition coefficient (Wildman–Crippen LogP) is 0.830. The summed E-state index contributed by atoms with van der Waals surface area (Å²) in [6.45, 7) is -2.37. The zero-order chi connectivity index (χ0) is 12.3. The average molecular weight is 243 g/mol. The summed E-state index contributed by atoms with van der Waals surface area (Å²) in [5, 5.41) is 1.59. The van der Waals surface area contributed by atoms with Gasteiger partial charge >= 0.3 is 18.0 Å². The molecule has 0 radical (unpaired) electrons. The van der Waals surface area contributed by atoms with Crippen LogP contribution in [0.1, 0.15) is 0 Å².